The van der Waals surface area contributed by atoms with Crippen LogP contribution < -0.4 is 5.73 Å². The molecule has 0 spiro atoms. The first-order valence-corrected chi connectivity index (χ1v) is 5.01. The van der Waals surface area contributed by atoms with E-state index in [1.54, 1.807) is 6.92 Å². The summed E-state index contributed by atoms with van der Waals surface area (Å²) in [6.07, 6.45) is -0.514. The van der Waals surface area contributed by atoms with Gasteiger partial charge in [-0.3, -0.25) is 0 Å². The van der Waals surface area contributed by atoms with E-state index in [2.05, 4.69) is 15.9 Å². The second-order valence-corrected chi connectivity index (χ2v) is 4.18. The summed E-state index contributed by atoms with van der Waals surface area (Å²) in [5.74, 6) is 0. The van der Waals surface area contributed by atoms with E-state index in [4.69, 9.17) is 5.73 Å². The lowest BCUT2D eigenvalue weighted by atomic mass is 9.99. The van der Waals surface area contributed by atoms with Gasteiger partial charge in [-0.2, -0.15) is 0 Å². The fourth-order valence-electron chi connectivity index (χ4n) is 1.27. The van der Waals surface area contributed by atoms with Gasteiger partial charge in [0.2, 0.25) is 0 Å². The highest BCUT2D eigenvalue weighted by Crippen LogP contribution is 2.22. The molecule has 3 N–H and O–H groups in total. The van der Waals surface area contributed by atoms with Gasteiger partial charge in [-0.25, -0.2) is 0 Å². The van der Waals surface area contributed by atoms with Crippen LogP contribution in [0.5, 0.6) is 0 Å². The smallest absolute Gasteiger partial charge is 0.0704 e. The molecule has 2 atom stereocenters. The van der Waals surface area contributed by atoms with Gasteiger partial charge in [0, 0.05) is 4.47 Å². The largest absolute Gasteiger partial charge is 0.391 e. The van der Waals surface area contributed by atoms with E-state index in [-0.39, 0.29) is 6.04 Å². The summed E-state index contributed by atoms with van der Waals surface area (Å²) in [5, 5.41) is 9.33. The van der Waals surface area contributed by atoms with Crippen LogP contribution in [0.15, 0.2) is 22.7 Å². The number of hydrogen-bond donors (Lipinski definition) is 2. The maximum absolute atomic E-state index is 9.33. The Morgan fingerprint density at radius 3 is 2.54 bits per heavy atom. The number of rotatable bonds is 2. The van der Waals surface area contributed by atoms with Gasteiger partial charge in [-0.05, 0) is 37.1 Å². The Labute approximate surface area is 86.9 Å². The van der Waals surface area contributed by atoms with Crippen LogP contribution in [0, 0.1) is 6.92 Å². The molecule has 0 heterocycles. The van der Waals surface area contributed by atoms with Gasteiger partial charge < -0.3 is 10.8 Å². The summed E-state index contributed by atoms with van der Waals surface area (Å²) in [6, 6.07) is 5.58. The maximum atomic E-state index is 9.33. The van der Waals surface area contributed by atoms with Crippen LogP contribution in [-0.2, 0) is 0 Å². The van der Waals surface area contributed by atoms with E-state index in [1.165, 1.54) is 0 Å². The molecule has 0 aliphatic heterocycles. The molecule has 0 saturated heterocycles. The molecule has 0 aliphatic rings. The molecule has 0 unspecified atom stereocenters. The summed E-state index contributed by atoms with van der Waals surface area (Å²) >= 11 is 3.38. The van der Waals surface area contributed by atoms with Gasteiger partial charge in [0.05, 0.1) is 12.1 Å². The molecular weight excluding hydrogens is 230 g/mol. The Kier molecular flexibility index (Phi) is 3.47. The molecule has 0 amide bonds. The minimum atomic E-state index is -0.514. The van der Waals surface area contributed by atoms with Crippen molar-refractivity contribution in [1.82, 2.24) is 0 Å². The number of aliphatic hydroxyl groups is 1. The zero-order chi connectivity index (χ0) is 10.0. The van der Waals surface area contributed by atoms with Crippen molar-refractivity contribution in [3.8, 4) is 0 Å². The Balaban J connectivity index is 3.01. The Morgan fingerprint density at radius 1 is 1.46 bits per heavy atom. The van der Waals surface area contributed by atoms with Crippen LogP contribution in [0.3, 0.4) is 0 Å². The van der Waals surface area contributed by atoms with Crippen LogP contribution in [0.1, 0.15) is 24.1 Å². The van der Waals surface area contributed by atoms with Crippen molar-refractivity contribution in [3.05, 3.63) is 33.8 Å². The van der Waals surface area contributed by atoms with E-state index in [9.17, 15) is 5.11 Å². The van der Waals surface area contributed by atoms with E-state index in [1.807, 2.05) is 25.1 Å². The number of hydrogen-bond acceptors (Lipinski definition) is 2. The second-order valence-electron chi connectivity index (χ2n) is 3.27. The zero-order valence-electron chi connectivity index (χ0n) is 7.79. The number of halogens is 1. The number of nitrogens with two attached hydrogens (primary N) is 1. The van der Waals surface area contributed by atoms with Gasteiger partial charge >= 0.3 is 0 Å². The molecule has 0 aromatic heterocycles. The SMILES string of the molecule is Cc1cc(Br)ccc1[C@H](N)[C@H](C)O. The van der Waals surface area contributed by atoms with E-state index in [0.717, 1.165) is 15.6 Å². The minimum Gasteiger partial charge on any atom is -0.391 e. The van der Waals surface area contributed by atoms with Gasteiger partial charge in [-0.1, -0.05) is 22.0 Å². The van der Waals surface area contributed by atoms with Gasteiger partial charge in [0.15, 0.2) is 0 Å². The summed E-state index contributed by atoms with van der Waals surface area (Å²) < 4.78 is 1.03. The first-order valence-electron chi connectivity index (χ1n) is 4.22. The molecule has 72 valence electrons. The Bertz CT molecular complexity index is 299. The Hall–Kier alpha value is -0.380. The third-order valence-corrected chi connectivity index (χ3v) is 2.60. The van der Waals surface area contributed by atoms with Crippen molar-refractivity contribution in [2.75, 3.05) is 0 Å². The predicted octanol–water partition coefficient (Wildman–Crippen LogP) is 2.14. The molecule has 2 nitrogen and oxygen atoms in total. The van der Waals surface area contributed by atoms with Crippen LogP contribution in [0.25, 0.3) is 0 Å². The third kappa shape index (κ3) is 2.53. The van der Waals surface area contributed by atoms with E-state index in [0.29, 0.717) is 0 Å². The number of aliphatic hydroxyl groups excluding tert-OH is 1. The van der Waals surface area contributed by atoms with Crippen molar-refractivity contribution in [2.24, 2.45) is 5.73 Å². The van der Waals surface area contributed by atoms with Crippen molar-refractivity contribution in [1.29, 1.82) is 0 Å². The topological polar surface area (TPSA) is 46.2 Å². The average molecular weight is 244 g/mol. The quantitative estimate of drug-likeness (QED) is 0.837. The van der Waals surface area contributed by atoms with Gasteiger partial charge in [0.25, 0.3) is 0 Å². The third-order valence-electron chi connectivity index (χ3n) is 2.11. The van der Waals surface area contributed by atoms with Gasteiger partial charge in [0.1, 0.15) is 0 Å². The van der Waals surface area contributed by atoms with Crippen molar-refractivity contribution >= 4 is 15.9 Å². The van der Waals surface area contributed by atoms with Crippen molar-refractivity contribution in [3.63, 3.8) is 0 Å². The van der Waals surface area contributed by atoms with Crippen LogP contribution in [0.2, 0.25) is 0 Å². The average Bonchev–Trinajstić information content (AvgIpc) is 2.03. The minimum absolute atomic E-state index is 0.298. The molecule has 1 aromatic carbocycles. The Morgan fingerprint density at radius 2 is 2.08 bits per heavy atom. The predicted molar refractivity (Wildman–Crippen MR) is 57.5 cm³/mol. The molecule has 0 bridgehead atoms. The molecule has 0 radical (unpaired) electrons. The lowest BCUT2D eigenvalue weighted by Crippen LogP contribution is -2.23. The summed E-state index contributed by atoms with van der Waals surface area (Å²) in [4.78, 5) is 0. The molecule has 0 saturated carbocycles. The number of aryl methyl sites for hydroxylation is 1. The summed E-state index contributed by atoms with van der Waals surface area (Å²) in [5.41, 5.74) is 7.92. The highest BCUT2D eigenvalue weighted by atomic mass is 79.9. The highest BCUT2D eigenvalue weighted by molar-refractivity contribution is 9.10. The standard InChI is InChI=1S/C10H14BrNO/c1-6-5-8(11)3-4-9(6)10(12)7(2)13/h3-5,7,10,13H,12H2,1-2H3/t7-,10+/m0/s1. The molecule has 3 heteroatoms. The monoisotopic (exact) mass is 243 g/mol. The second kappa shape index (κ2) is 4.22. The van der Waals surface area contributed by atoms with Crippen LogP contribution >= 0.6 is 15.9 Å². The summed E-state index contributed by atoms with van der Waals surface area (Å²) in [7, 11) is 0. The zero-order valence-corrected chi connectivity index (χ0v) is 9.38. The normalized spacial score (nSPS) is 15.5. The fourth-order valence-corrected chi connectivity index (χ4v) is 1.75. The van der Waals surface area contributed by atoms with Crippen LogP contribution in [0.4, 0.5) is 0 Å². The molecule has 1 rings (SSSR count). The molecule has 0 fully saturated rings. The first kappa shape index (κ1) is 10.7. The van der Waals surface area contributed by atoms with E-state index >= 15 is 0 Å². The van der Waals surface area contributed by atoms with Crippen LogP contribution in [-0.4, -0.2) is 11.2 Å². The van der Waals surface area contributed by atoms with Crippen molar-refractivity contribution < 1.29 is 5.11 Å². The molecule has 13 heavy (non-hydrogen) atoms. The van der Waals surface area contributed by atoms with E-state index < -0.39 is 6.10 Å². The van der Waals surface area contributed by atoms with Crippen molar-refractivity contribution in [2.45, 2.75) is 26.0 Å². The summed E-state index contributed by atoms with van der Waals surface area (Å²) in [6.45, 7) is 3.69. The molecular formula is C10H14BrNO. The maximum Gasteiger partial charge on any atom is 0.0704 e. The number of benzene rings is 1. The highest BCUT2D eigenvalue weighted by Gasteiger charge is 2.13. The first-order chi connectivity index (χ1) is 6.02. The molecule has 0 aliphatic carbocycles. The lowest BCUT2D eigenvalue weighted by Gasteiger charge is -2.17. The molecule has 1 aromatic rings. The fraction of sp³-hybridized carbons (Fsp3) is 0.400. The van der Waals surface area contributed by atoms with Gasteiger partial charge in [-0.15, -0.1) is 0 Å². The lowest BCUT2D eigenvalue weighted by molar-refractivity contribution is 0.164.